The molecule has 0 aliphatic carbocycles. The van der Waals surface area contributed by atoms with Crippen LogP contribution in [0.25, 0.3) is 0 Å². The smallest absolute Gasteiger partial charge is 0.337 e. The van der Waals surface area contributed by atoms with Gasteiger partial charge in [0.05, 0.1) is 18.7 Å². The number of benzene rings is 2. The molecule has 0 spiro atoms. The first-order valence-corrected chi connectivity index (χ1v) is 10.4. The van der Waals surface area contributed by atoms with Crippen LogP contribution in [0.3, 0.4) is 0 Å². The van der Waals surface area contributed by atoms with Crippen molar-refractivity contribution in [2.24, 2.45) is 0 Å². The molecular weight excluding hydrogens is 380 g/mol. The molecule has 0 aromatic heterocycles. The number of nitrogens with one attached hydrogen (secondary N) is 2. The lowest BCUT2D eigenvalue weighted by molar-refractivity contribution is -0.132. The van der Waals surface area contributed by atoms with Gasteiger partial charge in [-0.3, -0.25) is 4.79 Å². The Labute approximate surface area is 178 Å². The van der Waals surface area contributed by atoms with Gasteiger partial charge in [-0.05, 0) is 49.4 Å². The number of carbonyl (C=O) groups is 2. The van der Waals surface area contributed by atoms with E-state index in [4.69, 9.17) is 9.47 Å². The summed E-state index contributed by atoms with van der Waals surface area (Å²) in [5.41, 5.74) is 2.03. The molecule has 1 unspecified atom stereocenters. The maximum atomic E-state index is 13.3. The third kappa shape index (κ3) is 5.46. The number of hydrogen-bond acceptors (Lipinski definition) is 5. The van der Waals surface area contributed by atoms with E-state index < -0.39 is 5.54 Å². The van der Waals surface area contributed by atoms with Crippen LogP contribution >= 0.6 is 0 Å². The summed E-state index contributed by atoms with van der Waals surface area (Å²) in [7, 11) is 1.36. The molecule has 6 heteroatoms. The second-order valence-corrected chi connectivity index (χ2v) is 7.67. The quantitative estimate of drug-likeness (QED) is 0.654. The molecule has 2 aromatic carbocycles. The highest BCUT2D eigenvalue weighted by molar-refractivity contribution is 5.89. The molecule has 0 saturated carbocycles. The molecule has 1 heterocycles. The molecule has 1 aliphatic rings. The highest BCUT2D eigenvalue weighted by Crippen LogP contribution is 2.23. The molecule has 3 rings (SSSR count). The Morgan fingerprint density at radius 1 is 1.07 bits per heavy atom. The molecule has 1 amide bonds. The SMILES string of the molecule is COC(=O)c1ccc(C(C)NC(=O)C2(NCCc3ccccc3)CCOCC2)cc1. The Hall–Kier alpha value is -2.70. The molecule has 160 valence electrons. The van der Waals surface area contributed by atoms with Crippen LogP contribution in [-0.2, 0) is 20.7 Å². The number of carbonyl (C=O) groups excluding carboxylic acids is 2. The molecule has 0 radical (unpaired) electrons. The maximum Gasteiger partial charge on any atom is 0.337 e. The number of hydrogen-bond donors (Lipinski definition) is 2. The van der Waals surface area contributed by atoms with E-state index in [0.29, 0.717) is 31.6 Å². The maximum absolute atomic E-state index is 13.3. The van der Waals surface area contributed by atoms with Crippen LogP contribution in [0.15, 0.2) is 54.6 Å². The van der Waals surface area contributed by atoms with Crippen LogP contribution < -0.4 is 10.6 Å². The Morgan fingerprint density at radius 2 is 1.73 bits per heavy atom. The summed E-state index contributed by atoms with van der Waals surface area (Å²) >= 11 is 0. The van der Waals surface area contributed by atoms with E-state index >= 15 is 0 Å². The van der Waals surface area contributed by atoms with Crippen molar-refractivity contribution in [2.75, 3.05) is 26.9 Å². The van der Waals surface area contributed by atoms with Crippen molar-refractivity contribution >= 4 is 11.9 Å². The van der Waals surface area contributed by atoms with Gasteiger partial charge in [-0.1, -0.05) is 42.5 Å². The lowest BCUT2D eigenvalue weighted by atomic mass is 9.88. The molecule has 1 atom stereocenters. The van der Waals surface area contributed by atoms with Crippen LogP contribution in [0, 0.1) is 0 Å². The zero-order valence-electron chi connectivity index (χ0n) is 17.6. The standard InChI is InChI=1S/C24H30N2O4/c1-18(20-8-10-21(11-9-20)22(27)29-2)26-23(28)24(13-16-30-17-14-24)25-15-12-19-6-4-3-5-7-19/h3-11,18,25H,12-17H2,1-2H3,(H,26,28). The lowest BCUT2D eigenvalue weighted by Gasteiger charge is -2.37. The van der Waals surface area contributed by atoms with Crippen molar-refractivity contribution in [3.05, 3.63) is 71.3 Å². The van der Waals surface area contributed by atoms with Crippen LogP contribution in [0.5, 0.6) is 0 Å². The van der Waals surface area contributed by atoms with Gasteiger partial charge in [-0.2, -0.15) is 0 Å². The van der Waals surface area contributed by atoms with Crippen molar-refractivity contribution in [2.45, 2.75) is 37.8 Å². The van der Waals surface area contributed by atoms with Crippen LogP contribution in [0.4, 0.5) is 0 Å². The molecular formula is C24H30N2O4. The molecule has 1 saturated heterocycles. The fourth-order valence-electron chi connectivity index (χ4n) is 3.74. The average molecular weight is 411 g/mol. The van der Waals surface area contributed by atoms with Gasteiger partial charge < -0.3 is 20.1 Å². The van der Waals surface area contributed by atoms with E-state index in [-0.39, 0.29) is 17.9 Å². The van der Waals surface area contributed by atoms with Crippen LogP contribution in [0.1, 0.15) is 47.3 Å². The zero-order valence-corrected chi connectivity index (χ0v) is 17.6. The Kier molecular flexibility index (Phi) is 7.60. The summed E-state index contributed by atoms with van der Waals surface area (Å²) in [5, 5.41) is 6.66. The fourth-order valence-corrected chi connectivity index (χ4v) is 3.74. The second kappa shape index (κ2) is 10.4. The summed E-state index contributed by atoms with van der Waals surface area (Å²) < 4.78 is 10.2. The number of rotatable bonds is 8. The first-order valence-electron chi connectivity index (χ1n) is 10.4. The summed E-state index contributed by atoms with van der Waals surface area (Å²) in [6.45, 7) is 3.80. The molecule has 2 aromatic rings. The van der Waals surface area contributed by atoms with Crippen molar-refractivity contribution in [3.63, 3.8) is 0 Å². The third-order valence-electron chi connectivity index (χ3n) is 5.68. The van der Waals surface area contributed by atoms with Crippen LogP contribution in [0.2, 0.25) is 0 Å². The van der Waals surface area contributed by atoms with E-state index in [0.717, 1.165) is 18.5 Å². The highest BCUT2D eigenvalue weighted by atomic mass is 16.5. The predicted octanol–water partition coefficient (Wildman–Crippen LogP) is 3.03. The van der Waals surface area contributed by atoms with Crippen molar-refractivity contribution in [1.29, 1.82) is 0 Å². The van der Waals surface area contributed by atoms with Crippen molar-refractivity contribution in [1.82, 2.24) is 10.6 Å². The van der Waals surface area contributed by atoms with E-state index in [9.17, 15) is 9.59 Å². The van der Waals surface area contributed by atoms with Gasteiger partial charge in [0, 0.05) is 19.8 Å². The molecule has 2 N–H and O–H groups in total. The minimum absolute atomic E-state index is 0.0107. The van der Waals surface area contributed by atoms with E-state index in [2.05, 4.69) is 22.8 Å². The molecule has 30 heavy (non-hydrogen) atoms. The Morgan fingerprint density at radius 3 is 2.37 bits per heavy atom. The molecule has 0 bridgehead atoms. The fraction of sp³-hybridized carbons (Fsp3) is 0.417. The zero-order chi connectivity index (χ0) is 21.4. The minimum atomic E-state index is -0.632. The number of ether oxygens (including phenoxy) is 2. The summed E-state index contributed by atoms with van der Waals surface area (Å²) in [4.78, 5) is 24.9. The van der Waals surface area contributed by atoms with Gasteiger partial charge in [0.1, 0.15) is 5.54 Å². The van der Waals surface area contributed by atoms with Gasteiger partial charge >= 0.3 is 5.97 Å². The van der Waals surface area contributed by atoms with E-state index in [1.165, 1.54) is 12.7 Å². The van der Waals surface area contributed by atoms with Crippen molar-refractivity contribution < 1.29 is 19.1 Å². The van der Waals surface area contributed by atoms with Gasteiger partial charge in [0.15, 0.2) is 0 Å². The molecule has 1 fully saturated rings. The topological polar surface area (TPSA) is 76.7 Å². The highest BCUT2D eigenvalue weighted by Gasteiger charge is 2.40. The van der Waals surface area contributed by atoms with Gasteiger partial charge in [-0.25, -0.2) is 4.79 Å². The normalized spacial score (nSPS) is 16.5. The van der Waals surface area contributed by atoms with E-state index in [1.54, 1.807) is 12.1 Å². The summed E-state index contributed by atoms with van der Waals surface area (Å²) in [6, 6.07) is 17.2. The lowest BCUT2D eigenvalue weighted by Crippen LogP contribution is -2.60. The number of amides is 1. The average Bonchev–Trinajstić information content (AvgIpc) is 2.80. The monoisotopic (exact) mass is 410 g/mol. The van der Waals surface area contributed by atoms with Crippen LogP contribution in [-0.4, -0.2) is 44.3 Å². The van der Waals surface area contributed by atoms with Gasteiger partial charge in [-0.15, -0.1) is 0 Å². The second-order valence-electron chi connectivity index (χ2n) is 7.67. The first kappa shape index (κ1) is 22.0. The Bertz CT molecular complexity index is 830. The predicted molar refractivity (Wildman–Crippen MR) is 115 cm³/mol. The van der Waals surface area contributed by atoms with Crippen molar-refractivity contribution in [3.8, 4) is 0 Å². The molecule has 6 nitrogen and oxygen atoms in total. The van der Waals surface area contributed by atoms with Gasteiger partial charge in [0.2, 0.25) is 5.91 Å². The first-order chi connectivity index (χ1) is 14.5. The Balaban J connectivity index is 1.63. The number of methoxy groups -OCH3 is 1. The minimum Gasteiger partial charge on any atom is -0.465 e. The molecule has 1 aliphatic heterocycles. The van der Waals surface area contributed by atoms with E-state index in [1.807, 2.05) is 37.3 Å². The van der Waals surface area contributed by atoms with Gasteiger partial charge in [0.25, 0.3) is 0 Å². The number of esters is 1. The third-order valence-corrected chi connectivity index (χ3v) is 5.68. The summed E-state index contributed by atoms with van der Waals surface area (Å²) in [6.07, 6.45) is 2.14. The summed E-state index contributed by atoms with van der Waals surface area (Å²) in [5.74, 6) is -0.384. The largest absolute Gasteiger partial charge is 0.465 e.